The predicted molar refractivity (Wildman–Crippen MR) is 98.2 cm³/mol. The molecule has 26 heavy (non-hydrogen) atoms. The molecule has 0 aromatic rings. The number of nitrogens with zero attached hydrogens (tertiary/aromatic N) is 2. The van der Waals surface area contributed by atoms with Gasteiger partial charge in [0.1, 0.15) is 11.4 Å². The minimum atomic E-state index is -0.197. The number of hydrogen-bond acceptors (Lipinski definition) is 6. The minimum absolute atomic E-state index is 0.197. The Bertz CT molecular complexity index is 557. The number of likely N-dealkylation sites (tertiary alicyclic amines) is 2. The first kappa shape index (κ1) is 18.8. The van der Waals surface area contributed by atoms with E-state index < -0.39 is 0 Å². The summed E-state index contributed by atoms with van der Waals surface area (Å²) in [4.78, 5) is 30.7. The van der Waals surface area contributed by atoms with Crippen molar-refractivity contribution >= 4 is 11.6 Å². The van der Waals surface area contributed by atoms with Gasteiger partial charge >= 0.3 is 0 Å². The fraction of sp³-hybridized carbons (Fsp3) is 0.700. The lowest BCUT2D eigenvalue weighted by atomic mass is 9.97. The molecule has 0 bridgehead atoms. The van der Waals surface area contributed by atoms with Crippen LogP contribution in [0.3, 0.4) is 0 Å². The summed E-state index contributed by atoms with van der Waals surface area (Å²) in [5, 5.41) is 0. The topological polar surface area (TPSA) is 59.1 Å². The number of ether oxygens (including phenoxy) is 2. The highest BCUT2D eigenvalue weighted by molar-refractivity contribution is 6.23. The Hall–Kier alpha value is -1.98. The van der Waals surface area contributed by atoms with Gasteiger partial charge in [-0.2, -0.15) is 0 Å². The molecule has 0 unspecified atom stereocenters. The molecule has 0 amide bonds. The van der Waals surface area contributed by atoms with Gasteiger partial charge in [-0.05, 0) is 52.4 Å². The summed E-state index contributed by atoms with van der Waals surface area (Å²) < 4.78 is 11.5. The van der Waals surface area contributed by atoms with E-state index in [1.165, 1.54) is 0 Å². The Morgan fingerprint density at radius 2 is 1.00 bits per heavy atom. The molecule has 6 nitrogen and oxygen atoms in total. The van der Waals surface area contributed by atoms with E-state index in [-0.39, 0.29) is 23.1 Å². The lowest BCUT2D eigenvalue weighted by Crippen LogP contribution is -2.43. The number of rotatable bonds is 6. The van der Waals surface area contributed by atoms with Crippen LogP contribution in [0, 0.1) is 0 Å². The van der Waals surface area contributed by atoms with Crippen molar-refractivity contribution in [3.8, 4) is 0 Å². The number of carbonyl (C=O) groups is 2. The van der Waals surface area contributed by atoms with Gasteiger partial charge in [0.15, 0.2) is 11.5 Å². The molecule has 2 saturated heterocycles. The smallest absolute Gasteiger partial charge is 0.249 e. The molecule has 0 aromatic carbocycles. The molecule has 144 valence electrons. The first-order valence-electron chi connectivity index (χ1n) is 10.0. The fourth-order valence-corrected chi connectivity index (χ4v) is 4.00. The van der Waals surface area contributed by atoms with Gasteiger partial charge in [0.2, 0.25) is 11.6 Å². The second-order valence-electron chi connectivity index (χ2n) is 6.98. The molecule has 0 radical (unpaired) electrons. The van der Waals surface area contributed by atoms with Crippen molar-refractivity contribution in [2.24, 2.45) is 0 Å². The Balaban J connectivity index is 2.02. The number of carbonyl (C=O) groups excluding carboxylic acids is 2. The molecule has 2 fully saturated rings. The van der Waals surface area contributed by atoms with Crippen LogP contribution in [0.2, 0.25) is 0 Å². The van der Waals surface area contributed by atoms with Crippen molar-refractivity contribution in [2.75, 3.05) is 39.4 Å². The van der Waals surface area contributed by atoms with Crippen LogP contribution in [0.15, 0.2) is 22.9 Å². The van der Waals surface area contributed by atoms with Crippen molar-refractivity contribution in [1.82, 2.24) is 9.80 Å². The number of hydrogen-bond donors (Lipinski definition) is 0. The van der Waals surface area contributed by atoms with E-state index in [1.807, 2.05) is 23.6 Å². The maximum atomic E-state index is 13.4. The zero-order valence-electron chi connectivity index (χ0n) is 16.0. The first-order valence-corrected chi connectivity index (χ1v) is 10.0. The van der Waals surface area contributed by atoms with Crippen molar-refractivity contribution < 1.29 is 19.1 Å². The Labute approximate surface area is 155 Å². The quantitative estimate of drug-likeness (QED) is 0.677. The lowest BCUT2D eigenvalue weighted by Gasteiger charge is -2.37. The molecule has 1 aliphatic carbocycles. The monoisotopic (exact) mass is 362 g/mol. The van der Waals surface area contributed by atoms with Crippen LogP contribution in [-0.4, -0.2) is 60.8 Å². The minimum Gasteiger partial charge on any atom is -0.488 e. The molecule has 3 aliphatic rings. The molecule has 0 N–H and O–H groups in total. The van der Waals surface area contributed by atoms with E-state index in [9.17, 15) is 9.59 Å². The molecule has 2 aliphatic heterocycles. The van der Waals surface area contributed by atoms with Crippen molar-refractivity contribution in [2.45, 2.75) is 52.4 Å². The highest BCUT2D eigenvalue weighted by Crippen LogP contribution is 2.33. The standard InChI is InChI=1S/C20H30N2O4/c1-3-25-19-15(21-11-7-5-8-12-21)18(24)20(26-4-2)16(17(19)23)22-13-9-6-10-14-22/h3-14H2,1-2H3. The van der Waals surface area contributed by atoms with Crippen molar-refractivity contribution in [3.63, 3.8) is 0 Å². The molecule has 0 spiro atoms. The average molecular weight is 362 g/mol. The zero-order valence-corrected chi connectivity index (χ0v) is 16.0. The molecule has 3 rings (SSSR count). The third kappa shape index (κ3) is 3.60. The third-order valence-corrected chi connectivity index (χ3v) is 5.19. The van der Waals surface area contributed by atoms with Gasteiger partial charge in [-0.25, -0.2) is 0 Å². The van der Waals surface area contributed by atoms with Crippen LogP contribution >= 0.6 is 0 Å². The van der Waals surface area contributed by atoms with Gasteiger partial charge in [0.25, 0.3) is 0 Å². The van der Waals surface area contributed by atoms with Gasteiger partial charge < -0.3 is 19.3 Å². The molecular formula is C20H30N2O4. The maximum absolute atomic E-state index is 13.4. The summed E-state index contributed by atoms with van der Waals surface area (Å²) in [5.74, 6) is 0.0293. The van der Waals surface area contributed by atoms with E-state index in [2.05, 4.69) is 0 Å². The van der Waals surface area contributed by atoms with E-state index in [0.717, 1.165) is 64.7 Å². The summed E-state index contributed by atoms with van der Waals surface area (Å²) in [7, 11) is 0. The second kappa shape index (κ2) is 8.60. The zero-order chi connectivity index (χ0) is 18.5. The highest BCUT2D eigenvalue weighted by Gasteiger charge is 2.42. The van der Waals surface area contributed by atoms with Gasteiger partial charge in [-0.1, -0.05) is 0 Å². The molecule has 0 saturated carbocycles. The van der Waals surface area contributed by atoms with E-state index in [4.69, 9.17) is 9.47 Å². The van der Waals surface area contributed by atoms with Crippen LogP contribution in [0.4, 0.5) is 0 Å². The molecule has 2 heterocycles. The first-order chi connectivity index (χ1) is 12.7. The van der Waals surface area contributed by atoms with Gasteiger partial charge in [0.05, 0.1) is 13.2 Å². The summed E-state index contributed by atoms with van der Waals surface area (Å²) in [6.45, 7) is 7.55. The Morgan fingerprint density at radius 1 is 0.654 bits per heavy atom. The van der Waals surface area contributed by atoms with Gasteiger partial charge in [0, 0.05) is 26.2 Å². The van der Waals surface area contributed by atoms with E-state index >= 15 is 0 Å². The largest absolute Gasteiger partial charge is 0.488 e. The number of piperidine rings is 2. The number of ketones is 2. The summed E-state index contributed by atoms with van der Waals surface area (Å²) >= 11 is 0. The van der Waals surface area contributed by atoms with E-state index in [1.54, 1.807) is 0 Å². The highest BCUT2D eigenvalue weighted by atomic mass is 16.5. The van der Waals surface area contributed by atoms with Gasteiger partial charge in [-0.15, -0.1) is 0 Å². The van der Waals surface area contributed by atoms with Crippen LogP contribution in [0.25, 0.3) is 0 Å². The van der Waals surface area contributed by atoms with Crippen LogP contribution in [0.5, 0.6) is 0 Å². The normalized spacial score (nSPS) is 22.2. The van der Waals surface area contributed by atoms with E-state index in [0.29, 0.717) is 24.6 Å². The molecule has 6 heteroatoms. The molecule has 0 atom stereocenters. The summed E-state index contributed by atoms with van der Waals surface area (Å²) in [6.07, 6.45) is 6.41. The van der Waals surface area contributed by atoms with Crippen molar-refractivity contribution in [1.29, 1.82) is 0 Å². The van der Waals surface area contributed by atoms with Crippen LogP contribution in [-0.2, 0) is 19.1 Å². The predicted octanol–water partition coefficient (Wildman–Crippen LogP) is 2.61. The Kier molecular flexibility index (Phi) is 6.22. The third-order valence-electron chi connectivity index (χ3n) is 5.19. The Morgan fingerprint density at radius 3 is 1.31 bits per heavy atom. The average Bonchev–Trinajstić information content (AvgIpc) is 2.68. The maximum Gasteiger partial charge on any atom is 0.249 e. The lowest BCUT2D eigenvalue weighted by molar-refractivity contribution is -0.124. The van der Waals surface area contributed by atoms with Gasteiger partial charge in [-0.3, -0.25) is 9.59 Å². The number of Topliss-reactive ketones (excluding diaryl/α,β-unsaturated/α-hetero) is 2. The SMILES string of the molecule is CCOC1=C(N2CCCCC2)C(=O)C(OCC)=C(N2CCCCC2)C1=O. The van der Waals surface area contributed by atoms with Crippen LogP contribution < -0.4 is 0 Å². The molecule has 0 aromatic heterocycles. The van der Waals surface area contributed by atoms with Crippen LogP contribution in [0.1, 0.15) is 52.4 Å². The summed E-state index contributed by atoms with van der Waals surface area (Å²) in [6, 6.07) is 0. The summed E-state index contributed by atoms with van der Waals surface area (Å²) in [5.41, 5.74) is 0.807. The fourth-order valence-electron chi connectivity index (χ4n) is 4.00. The van der Waals surface area contributed by atoms with Crippen molar-refractivity contribution in [3.05, 3.63) is 22.9 Å². The molecular weight excluding hydrogens is 332 g/mol. The second-order valence-corrected chi connectivity index (χ2v) is 6.98.